The average molecular weight is 376 g/mol. The van der Waals surface area contributed by atoms with E-state index in [-0.39, 0.29) is 0 Å². The Kier molecular flexibility index (Phi) is 7.86. The van der Waals surface area contributed by atoms with E-state index in [2.05, 4.69) is 79.6 Å². The maximum atomic E-state index is 5.01. The lowest BCUT2D eigenvalue weighted by molar-refractivity contribution is 0.277. The first-order valence-corrected chi connectivity index (χ1v) is 10.7. The zero-order valence-corrected chi connectivity index (χ0v) is 17.3. The van der Waals surface area contributed by atoms with Crippen molar-refractivity contribution in [2.45, 2.75) is 52.5 Å². The van der Waals surface area contributed by atoms with Crippen LogP contribution in [0.2, 0.25) is 0 Å². The van der Waals surface area contributed by atoms with Gasteiger partial charge < -0.3 is 0 Å². The molecule has 1 saturated heterocycles. The molecule has 1 aromatic heterocycles. The highest BCUT2D eigenvalue weighted by molar-refractivity contribution is 5.75. The molecule has 0 bridgehead atoms. The monoisotopic (exact) mass is 375 g/mol. The highest BCUT2D eigenvalue weighted by Crippen LogP contribution is 2.24. The van der Waals surface area contributed by atoms with Gasteiger partial charge in [0.25, 0.3) is 0 Å². The van der Waals surface area contributed by atoms with Crippen LogP contribution >= 0.6 is 0 Å². The van der Waals surface area contributed by atoms with Crippen molar-refractivity contribution in [2.75, 3.05) is 13.1 Å². The highest BCUT2D eigenvalue weighted by atomic mass is 15.3. The topological polar surface area (TPSA) is 21.1 Å². The smallest absolute Gasteiger partial charge is 0.0972 e. The number of benzene rings is 1. The van der Waals surface area contributed by atoms with Gasteiger partial charge in [0, 0.05) is 23.9 Å². The maximum Gasteiger partial charge on any atom is 0.0972 e. The number of hydrogen-bond acceptors (Lipinski definition) is 2. The number of hydrogen-bond donors (Lipinski definition) is 0. The van der Waals surface area contributed by atoms with E-state index < -0.39 is 0 Å². The Bertz CT molecular complexity index is 804. The minimum absolute atomic E-state index is 0.968. The molecule has 0 amide bonds. The number of likely N-dealkylation sites (tertiary alicyclic amines) is 1. The van der Waals surface area contributed by atoms with E-state index in [9.17, 15) is 0 Å². The fourth-order valence-electron chi connectivity index (χ4n) is 3.67. The molecule has 0 atom stereocenters. The Morgan fingerprint density at radius 3 is 2.50 bits per heavy atom. The first-order valence-electron chi connectivity index (χ1n) is 10.7. The number of rotatable bonds is 7. The zero-order valence-electron chi connectivity index (χ0n) is 17.3. The van der Waals surface area contributed by atoms with Crippen molar-refractivity contribution in [1.82, 2.24) is 14.7 Å². The molecule has 2 aromatic rings. The lowest BCUT2D eigenvalue weighted by Gasteiger charge is -2.19. The predicted molar refractivity (Wildman–Crippen MR) is 120 cm³/mol. The molecule has 148 valence electrons. The quantitative estimate of drug-likeness (QED) is 0.539. The molecule has 2 heterocycles. The van der Waals surface area contributed by atoms with Gasteiger partial charge in [-0.1, -0.05) is 68.3 Å². The summed E-state index contributed by atoms with van der Waals surface area (Å²) in [6, 6.07) is 10.4. The van der Waals surface area contributed by atoms with Crippen LogP contribution in [0.5, 0.6) is 0 Å². The molecule has 3 heteroatoms. The number of para-hydroxylation sites is 1. The molecule has 0 N–H and O–H groups in total. The second-order valence-corrected chi connectivity index (χ2v) is 7.43. The van der Waals surface area contributed by atoms with Crippen molar-refractivity contribution in [3.8, 4) is 5.69 Å². The predicted octanol–water partition coefficient (Wildman–Crippen LogP) is 6.17. The molecule has 28 heavy (non-hydrogen) atoms. The molecule has 0 aliphatic carbocycles. The van der Waals surface area contributed by atoms with Crippen molar-refractivity contribution in [3.05, 3.63) is 78.2 Å². The molecule has 1 aliphatic rings. The summed E-state index contributed by atoms with van der Waals surface area (Å²) in [5.74, 6) is 0. The third-order valence-corrected chi connectivity index (χ3v) is 5.18. The van der Waals surface area contributed by atoms with Gasteiger partial charge in [0.15, 0.2) is 0 Å². The lowest BCUT2D eigenvalue weighted by atomic mass is 10.1. The zero-order chi connectivity index (χ0) is 19.6. The molecule has 0 spiro atoms. The molecule has 3 nitrogen and oxygen atoms in total. The molecule has 1 aliphatic heterocycles. The van der Waals surface area contributed by atoms with Gasteiger partial charge in [-0.25, -0.2) is 4.68 Å². The molecular weight excluding hydrogens is 342 g/mol. The number of allylic oxidation sites excluding steroid dienone is 6. The van der Waals surface area contributed by atoms with Crippen LogP contribution in [0, 0.1) is 0 Å². The Morgan fingerprint density at radius 1 is 1.07 bits per heavy atom. The first-order chi connectivity index (χ1) is 13.8. The van der Waals surface area contributed by atoms with E-state index in [1.807, 2.05) is 10.7 Å². The maximum absolute atomic E-state index is 5.01. The molecule has 1 aromatic carbocycles. The van der Waals surface area contributed by atoms with Gasteiger partial charge in [-0.3, -0.25) is 4.90 Å². The van der Waals surface area contributed by atoms with Crippen molar-refractivity contribution >= 4 is 5.57 Å². The van der Waals surface area contributed by atoms with Crippen LogP contribution in [-0.2, 0) is 6.54 Å². The Labute approximate surface area is 170 Å². The largest absolute Gasteiger partial charge is 0.299 e. The number of aromatic nitrogens is 2. The van der Waals surface area contributed by atoms with Gasteiger partial charge in [-0.05, 0) is 51.4 Å². The lowest BCUT2D eigenvalue weighted by Crippen LogP contribution is -2.24. The Hall–Kier alpha value is -2.39. The number of nitrogens with zero attached hydrogens (tertiary/aromatic N) is 3. The summed E-state index contributed by atoms with van der Waals surface area (Å²) < 4.78 is 2.03. The van der Waals surface area contributed by atoms with Gasteiger partial charge in [-0.2, -0.15) is 5.10 Å². The second-order valence-electron chi connectivity index (χ2n) is 7.43. The fourth-order valence-corrected chi connectivity index (χ4v) is 3.67. The van der Waals surface area contributed by atoms with Crippen molar-refractivity contribution < 1.29 is 0 Å². The van der Waals surface area contributed by atoms with Gasteiger partial charge in [-0.15, -0.1) is 0 Å². The van der Waals surface area contributed by atoms with Crippen LogP contribution in [0.3, 0.4) is 0 Å². The van der Waals surface area contributed by atoms with Gasteiger partial charge in [0.2, 0.25) is 0 Å². The highest BCUT2D eigenvalue weighted by Gasteiger charge is 2.17. The summed E-state index contributed by atoms with van der Waals surface area (Å²) in [6.07, 6.45) is 19.4. The van der Waals surface area contributed by atoms with E-state index in [1.54, 1.807) is 0 Å². The Morgan fingerprint density at radius 2 is 1.82 bits per heavy atom. The Balaban J connectivity index is 1.99. The molecular formula is C25H33N3. The van der Waals surface area contributed by atoms with Crippen LogP contribution in [0.1, 0.15) is 57.2 Å². The van der Waals surface area contributed by atoms with Crippen molar-refractivity contribution in [3.63, 3.8) is 0 Å². The third-order valence-electron chi connectivity index (χ3n) is 5.18. The SMILES string of the molecule is C\C=C/C=C(\C=C/CC)c1nn(-c2ccccc2)cc1CN1CCCCCC1. The minimum atomic E-state index is 0.968. The second kappa shape index (κ2) is 10.8. The van der Waals surface area contributed by atoms with Crippen LogP contribution in [0.15, 0.2) is 66.9 Å². The molecule has 0 radical (unpaired) electrons. The summed E-state index contributed by atoms with van der Waals surface area (Å²) in [7, 11) is 0. The molecule has 3 rings (SSSR count). The summed E-state index contributed by atoms with van der Waals surface area (Å²) in [5.41, 5.74) is 4.69. The normalized spacial score (nSPS) is 16.9. The summed E-state index contributed by atoms with van der Waals surface area (Å²) in [5, 5.41) is 5.01. The van der Waals surface area contributed by atoms with Gasteiger partial charge in [0.1, 0.15) is 0 Å². The van der Waals surface area contributed by atoms with Gasteiger partial charge >= 0.3 is 0 Å². The molecule has 1 fully saturated rings. The van der Waals surface area contributed by atoms with Crippen LogP contribution in [-0.4, -0.2) is 27.8 Å². The van der Waals surface area contributed by atoms with Crippen LogP contribution in [0.4, 0.5) is 0 Å². The van der Waals surface area contributed by atoms with E-state index >= 15 is 0 Å². The van der Waals surface area contributed by atoms with E-state index in [0.717, 1.165) is 24.3 Å². The fraction of sp³-hybridized carbons (Fsp3) is 0.400. The van der Waals surface area contributed by atoms with Crippen molar-refractivity contribution in [1.29, 1.82) is 0 Å². The summed E-state index contributed by atoms with van der Waals surface area (Å²) in [4.78, 5) is 2.60. The summed E-state index contributed by atoms with van der Waals surface area (Å²) in [6.45, 7) is 7.57. The molecule has 0 unspecified atom stereocenters. The first kappa shape index (κ1) is 20.3. The van der Waals surface area contributed by atoms with E-state index in [0.29, 0.717) is 0 Å². The van der Waals surface area contributed by atoms with E-state index in [4.69, 9.17) is 5.10 Å². The summed E-state index contributed by atoms with van der Waals surface area (Å²) >= 11 is 0. The standard InChI is InChI=1S/C25H33N3/c1-3-5-14-22(15-6-4-2)25-23(20-27-18-12-7-8-13-19-27)21-28(26-25)24-16-10-9-11-17-24/h3,5-6,9-11,14-17,21H,4,7-8,12-13,18-20H2,1-2H3/b5-3-,15-6-,22-14+. The van der Waals surface area contributed by atoms with Crippen molar-refractivity contribution in [2.24, 2.45) is 0 Å². The van der Waals surface area contributed by atoms with E-state index in [1.165, 1.54) is 49.9 Å². The average Bonchev–Trinajstić information content (AvgIpc) is 2.96. The van der Waals surface area contributed by atoms with Gasteiger partial charge in [0.05, 0.1) is 11.4 Å². The third kappa shape index (κ3) is 5.56. The molecule has 0 saturated carbocycles. The minimum Gasteiger partial charge on any atom is -0.299 e. The van der Waals surface area contributed by atoms with Crippen LogP contribution < -0.4 is 0 Å². The van der Waals surface area contributed by atoms with Crippen LogP contribution in [0.25, 0.3) is 11.3 Å².